The van der Waals surface area contributed by atoms with E-state index in [0.29, 0.717) is 17.6 Å². The van der Waals surface area contributed by atoms with Gasteiger partial charge in [-0.25, -0.2) is 0 Å². The van der Waals surface area contributed by atoms with Crippen molar-refractivity contribution in [1.82, 2.24) is 0 Å². The molecule has 1 aliphatic rings. The quantitative estimate of drug-likeness (QED) is 0.681. The molecule has 0 fully saturated rings. The molecule has 0 saturated heterocycles. The molecule has 12 heavy (non-hydrogen) atoms. The van der Waals surface area contributed by atoms with Crippen LogP contribution in [0.25, 0.3) is 0 Å². The van der Waals surface area contributed by atoms with Gasteiger partial charge >= 0.3 is 0 Å². The van der Waals surface area contributed by atoms with Crippen LogP contribution in [0.2, 0.25) is 0 Å². The average molecular weight is 166 g/mol. The van der Waals surface area contributed by atoms with Crippen molar-refractivity contribution in [3.05, 3.63) is 23.5 Å². The number of hydrogen-bond acceptors (Lipinski definition) is 1. The normalized spacial score (nSPS) is 19.3. The highest BCUT2D eigenvalue weighted by Gasteiger charge is 2.19. The molecule has 1 atom stereocenters. The van der Waals surface area contributed by atoms with Crippen molar-refractivity contribution in [3.8, 4) is 0 Å². The van der Waals surface area contributed by atoms with Gasteiger partial charge in [-0.05, 0) is 24.3 Å². The Morgan fingerprint density at radius 3 is 2.42 bits per heavy atom. The summed E-state index contributed by atoms with van der Waals surface area (Å²) in [6.45, 7) is 6.69. The predicted octanol–water partition coefficient (Wildman–Crippen LogP) is 3.44. The fourth-order valence-electron chi connectivity index (χ4n) is 1.95. The van der Waals surface area contributed by atoms with Gasteiger partial charge in [0.05, 0.1) is 5.76 Å². The minimum atomic E-state index is 0.518. The molecule has 0 aromatic heterocycles. The average Bonchev–Trinajstić information content (AvgIpc) is 2.37. The van der Waals surface area contributed by atoms with Crippen LogP contribution in [0.1, 0.15) is 33.6 Å². The summed E-state index contributed by atoms with van der Waals surface area (Å²) in [7, 11) is 0. The van der Waals surface area contributed by atoms with Crippen molar-refractivity contribution in [3.63, 3.8) is 0 Å². The molecular formula is C11H18O. The van der Waals surface area contributed by atoms with Crippen LogP contribution in [0.4, 0.5) is 0 Å². The van der Waals surface area contributed by atoms with E-state index in [9.17, 15) is 5.11 Å². The van der Waals surface area contributed by atoms with Crippen molar-refractivity contribution in [2.24, 2.45) is 11.8 Å². The third-order valence-corrected chi connectivity index (χ3v) is 2.60. The Hall–Kier alpha value is -0.720. The van der Waals surface area contributed by atoms with Gasteiger partial charge in [0, 0.05) is 6.42 Å². The topological polar surface area (TPSA) is 20.2 Å². The van der Waals surface area contributed by atoms with Crippen molar-refractivity contribution >= 4 is 0 Å². The van der Waals surface area contributed by atoms with Gasteiger partial charge in [0.2, 0.25) is 0 Å². The lowest BCUT2D eigenvalue weighted by Crippen LogP contribution is -2.09. The van der Waals surface area contributed by atoms with Crippen molar-refractivity contribution in [2.45, 2.75) is 33.6 Å². The third-order valence-electron chi connectivity index (χ3n) is 2.60. The summed E-state index contributed by atoms with van der Waals surface area (Å²) < 4.78 is 0. The first-order valence-electron chi connectivity index (χ1n) is 4.73. The van der Waals surface area contributed by atoms with Crippen LogP contribution >= 0.6 is 0 Å². The summed E-state index contributed by atoms with van der Waals surface area (Å²) in [5.41, 5.74) is 1.39. The molecule has 0 heterocycles. The van der Waals surface area contributed by atoms with E-state index in [1.165, 1.54) is 12.0 Å². The molecule has 1 unspecified atom stereocenters. The fraction of sp³-hybridized carbons (Fsp3) is 0.636. The van der Waals surface area contributed by atoms with Crippen LogP contribution in [0.5, 0.6) is 0 Å². The summed E-state index contributed by atoms with van der Waals surface area (Å²) in [4.78, 5) is 0. The first-order chi connectivity index (χ1) is 5.65. The Kier molecular flexibility index (Phi) is 2.96. The standard InChI is InChI=1S/C11H18O/c1-4-11(8(2)3)9-5-6-10(12)7-9/h5-6,8,11-12H,4,7H2,1-3H3. The second-order valence-corrected chi connectivity index (χ2v) is 3.84. The van der Waals surface area contributed by atoms with E-state index in [4.69, 9.17) is 0 Å². The van der Waals surface area contributed by atoms with Gasteiger partial charge in [0.1, 0.15) is 0 Å². The summed E-state index contributed by atoms with van der Waals surface area (Å²) in [6, 6.07) is 0. The zero-order chi connectivity index (χ0) is 9.14. The van der Waals surface area contributed by atoms with E-state index in [1.807, 2.05) is 6.08 Å². The second kappa shape index (κ2) is 3.79. The van der Waals surface area contributed by atoms with Gasteiger partial charge in [0.15, 0.2) is 0 Å². The van der Waals surface area contributed by atoms with E-state index in [0.717, 1.165) is 6.42 Å². The molecule has 0 saturated carbocycles. The van der Waals surface area contributed by atoms with Gasteiger partial charge in [-0.3, -0.25) is 0 Å². The summed E-state index contributed by atoms with van der Waals surface area (Å²) in [6.07, 6.45) is 5.84. The maximum Gasteiger partial charge on any atom is 0.0963 e. The van der Waals surface area contributed by atoms with Crippen LogP contribution < -0.4 is 0 Å². The number of aliphatic hydroxyl groups excluding tert-OH is 1. The first-order valence-corrected chi connectivity index (χ1v) is 4.73. The smallest absolute Gasteiger partial charge is 0.0963 e. The minimum Gasteiger partial charge on any atom is -0.512 e. The van der Waals surface area contributed by atoms with Gasteiger partial charge in [-0.1, -0.05) is 32.4 Å². The van der Waals surface area contributed by atoms with Crippen molar-refractivity contribution in [1.29, 1.82) is 0 Å². The van der Waals surface area contributed by atoms with Gasteiger partial charge in [-0.2, -0.15) is 0 Å². The fourth-order valence-corrected chi connectivity index (χ4v) is 1.95. The number of hydrogen-bond donors (Lipinski definition) is 1. The molecule has 1 heteroatoms. The Labute approximate surface area is 74.8 Å². The molecule has 0 bridgehead atoms. The maximum absolute atomic E-state index is 9.23. The van der Waals surface area contributed by atoms with E-state index in [-0.39, 0.29) is 0 Å². The Morgan fingerprint density at radius 1 is 1.42 bits per heavy atom. The monoisotopic (exact) mass is 166 g/mol. The zero-order valence-corrected chi connectivity index (χ0v) is 8.17. The molecule has 0 amide bonds. The van der Waals surface area contributed by atoms with Crippen LogP contribution in [0, 0.1) is 11.8 Å². The Morgan fingerprint density at radius 2 is 2.08 bits per heavy atom. The lowest BCUT2D eigenvalue weighted by molar-refractivity contribution is 0.378. The molecule has 0 aliphatic heterocycles. The van der Waals surface area contributed by atoms with Crippen LogP contribution in [-0.4, -0.2) is 5.11 Å². The predicted molar refractivity (Wildman–Crippen MR) is 52.0 cm³/mol. The van der Waals surface area contributed by atoms with Crippen LogP contribution in [0.3, 0.4) is 0 Å². The van der Waals surface area contributed by atoms with E-state index in [1.54, 1.807) is 0 Å². The van der Waals surface area contributed by atoms with E-state index in [2.05, 4.69) is 26.8 Å². The summed E-state index contributed by atoms with van der Waals surface area (Å²) in [5.74, 6) is 1.84. The highest BCUT2D eigenvalue weighted by Crippen LogP contribution is 2.31. The lowest BCUT2D eigenvalue weighted by Gasteiger charge is -2.20. The van der Waals surface area contributed by atoms with Crippen molar-refractivity contribution < 1.29 is 5.11 Å². The third kappa shape index (κ3) is 1.90. The molecule has 0 spiro atoms. The van der Waals surface area contributed by atoms with E-state index >= 15 is 0 Å². The molecule has 1 aliphatic carbocycles. The van der Waals surface area contributed by atoms with E-state index < -0.39 is 0 Å². The van der Waals surface area contributed by atoms with Gasteiger partial charge < -0.3 is 5.11 Å². The summed E-state index contributed by atoms with van der Waals surface area (Å²) >= 11 is 0. The highest BCUT2D eigenvalue weighted by molar-refractivity contribution is 5.28. The minimum absolute atomic E-state index is 0.518. The first kappa shape index (κ1) is 9.37. The molecular weight excluding hydrogens is 148 g/mol. The zero-order valence-electron chi connectivity index (χ0n) is 8.17. The van der Waals surface area contributed by atoms with Gasteiger partial charge in [0.25, 0.3) is 0 Å². The highest BCUT2D eigenvalue weighted by atomic mass is 16.3. The Balaban J connectivity index is 2.59. The van der Waals surface area contributed by atoms with Gasteiger partial charge in [-0.15, -0.1) is 0 Å². The summed E-state index contributed by atoms with van der Waals surface area (Å²) in [5, 5.41) is 9.23. The maximum atomic E-state index is 9.23. The SMILES string of the molecule is CCC(C1=CC=C(O)C1)C(C)C. The molecule has 1 nitrogen and oxygen atoms in total. The van der Waals surface area contributed by atoms with Crippen molar-refractivity contribution in [2.75, 3.05) is 0 Å². The largest absolute Gasteiger partial charge is 0.512 e. The number of allylic oxidation sites excluding steroid dienone is 3. The second-order valence-electron chi connectivity index (χ2n) is 3.84. The molecule has 0 radical (unpaired) electrons. The molecule has 68 valence electrons. The number of aliphatic hydroxyl groups is 1. The molecule has 0 aromatic rings. The Bertz CT molecular complexity index is 211. The molecule has 0 aromatic carbocycles. The molecule has 1 N–H and O–H groups in total. The van der Waals surface area contributed by atoms with Crippen LogP contribution in [0.15, 0.2) is 23.5 Å². The van der Waals surface area contributed by atoms with Crippen LogP contribution in [-0.2, 0) is 0 Å². The lowest BCUT2D eigenvalue weighted by atomic mass is 9.85. The molecule has 1 rings (SSSR count). The number of rotatable bonds is 3.